The smallest absolute Gasteiger partial charge is 0.161 e. The van der Waals surface area contributed by atoms with Gasteiger partial charge in [-0.1, -0.05) is 18.2 Å². The highest BCUT2D eigenvalue weighted by Gasteiger charge is 2.07. The van der Waals surface area contributed by atoms with Crippen LogP contribution in [-0.2, 0) is 20.1 Å². The SMILES string of the molecule is CC(=O)c1cc(CNCc2ccccc2-n2ccnc2)n(C)c1. The van der Waals surface area contributed by atoms with Gasteiger partial charge >= 0.3 is 0 Å². The van der Waals surface area contributed by atoms with Gasteiger partial charge < -0.3 is 14.5 Å². The Morgan fingerprint density at radius 1 is 1.26 bits per heavy atom. The molecule has 2 heterocycles. The molecule has 0 bridgehead atoms. The number of para-hydroxylation sites is 1. The van der Waals surface area contributed by atoms with E-state index in [2.05, 4.69) is 22.4 Å². The second-order valence-electron chi connectivity index (χ2n) is 5.59. The summed E-state index contributed by atoms with van der Waals surface area (Å²) in [5.41, 5.74) is 4.17. The monoisotopic (exact) mass is 308 g/mol. The third-order valence-electron chi connectivity index (χ3n) is 3.91. The highest BCUT2D eigenvalue weighted by molar-refractivity contribution is 5.94. The fourth-order valence-corrected chi connectivity index (χ4v) is 2.62. The van der Waals surface area contributed by atoms with Crippen molar-refractivity contribution in [1.29, 1.82) is 0 Å². The van der Waals surface area contributed by atoms with Crippen molar-refractivity contribution >= 4 is 5.78 Å². The van der Waals surface area contributed by atoms with Crippen LogP contribution in [0.5, 0.6) is 0 Å². The number of carbonyl (C=O) groups is 1. The predicted molar refractivity (Wildman–Crippen MR) is 89.5 cm³/mol. The lowest BCUT2D eigenvalue weighted by Crippen LogP contribution is -2.16. The summed E-state index contributed by atoms with van der Waals surface area (Å²) >= 11 is 0. The third kappa shape index (κ3) is 3.40. The second-order valence-corrected chi connectivity index (χ2v) is 5.59. The van der Waals surface area contributed by atoms with Gasteiger partial charge in [-0.15, -0.1) is 0 Å². The van der Waals surface area contributed by atoms with E-state index in [4.69, 9.17) is 0 Å². The van der Waals surface area contributed by atoms with Gasteiger partial charge in [0.05, 0.1) is 12.0 Å². The minimum Gasteiger partial charge on any atom is -0.353 e. The summed E-state index contributed by atoms with van der Waals surface area (Å²) in [6.45, 7) is 3.05. The van der Waals surface area contributed by atoms with Crippen molar-refractivity contribution in [2.75, 3.05) is 0 Å². The minimum absolute atomic E-state index is 0.0947. The topological polar surface area (TPSA) is 51.9 Å². The van der Waals surface area contributed by atoms with E-state index < -0.39 is 0 Å². The Bertz CT molecular complexity index is 802. The first-order valence-electron chi connectivity index (χ1n) is 7.58. The zero-order valence-electron chi connectivity index (χ0n) is 13.4. The number of benzene rings is 1. The number of Topliss-reactive ketones (excluding diaryl/α,β-unsaturated/α-hetero) is 1. The molecule has 0 saturated heterocycles. The van der Waals surface area contributed by atoms with Crippen LogP contribution in [0.3, 0.4) is 0 Å². The first-order valence-corrected chi connectivity index (χ1v) is 7.58. The molecule has 0 radical (unpaired) electrons. The van der Waals surface area contributed by atoms with Crippen LogP contribution in [0.25, 0.3) is 5.69 Å². The fourth-order valence-electron chi connectivity index (χ4n) is 2.62. The minimum atomic E-state index is 0.0947. The predicted octanol–water partition coefficient (Wildman–Crippen LogP) is 2.70. The van der Waals surface area contributed by atoms with Crippen LogP contribution in [0.1, 0.15) is 28.5 Å². The first kappa shape index (κ1) is 15.2. The number of nitrogens with one attached hydrogen (secondary N) is 1. The number of hydrogen-bond acceptors (Lipinski definition) is 3. The Labute approximate surface area is 135 Å². The molecule has 0 fully saturated rings. The van der Waals surface area contributed by atoms with Crippen LogP contribution < -0.4 is 5.32 Å². The molecule has 1 N–H and O–H groups in total. The quantitative estimate of drug-likeness (QED) is 0.712. The molecule has 0 spiro atoms. The maximum Gasteiger partial charge on any atom is 0.161 e. The van der Waals surface area contributed by atoms with Crippen molar-refractivity contribution < 1.29 is 4.79 Å². The van der Waals surface area contributed by atoms with Gasteiger partial charge in [0.25, 0.3) is 0 Å². The average molecular weight is 308 g/mol. The lowest BCUT2D eigenvalue weighted by Gasteiger charge is -2.11. The molecule has 0 aliphatic rings. The van der Waals surface area contributed by atoms with Crippen LogP contribution in [0.2, 0.25) is 0 Å². The number of aryl methyl sites for hydroxylation is 1. The van der Waals surface area contributed by atoms with Crippen LogP contribution in [0.4, 0.5) is 0 Å². The van der Waals surface area contributed by atoms with Crippen molar-refractivity contribution in [3.8, 4) is 5.69 Å². The van der Waals surface area contributed by atoms with E-state index in [9.17, 15) is 4.79 Å². The normalized spacial score (nSPS) is 10.9. The molecule has 0 aliphatic carbocycles. The molecule has 5 nitrogen and oxygen atoms in total. The summed E-state index contributed by atoms with van der Waals surface area (Å²) in [4.78, 5) is 15.5. The van der Waals surface area contributed by atoms with E-state index in [1.807, 2.05) is 46.8 Å². The third-order valence-corrected chi connectivity index (χ3v) is 3.91. The van der Waals surface area contributed by atoms with Gasteiger partial charge in [-0.2, -0.15) is 0 Å². The maximum atomic E-state index is 11.4. The number of ketones is 1. The first-order chi connectivity index (χ1) is 11.1. The van der Waals surface area contributed by atoms with E-state index in [0.29, 0.717) is 6.54 Å². The van der Waals surface area contributed by atoms with Crippen LogP contribution in [0, 0.1) is 0 Å². The van der Waals surface area contributed by atoms with Crippen molar-refractivity contribution in [2.24, 2.45) is 7.05 Å². The number of hydrogen-bond donors (Lipinski definition) is 1. The molecular weight excluding hydrogens is 288 g/mol. The molecule has 5 heteroatoms. The molecule has 0 atom stereocenters. The summed E-state index contributed by atoms with van der Waals surface area (Å²) in [5, 5.41) is 3.45. The molecule has 0 aliphatic heterocycles. The lowest BCUT2D eigenvalue weighted by atomic mass is 10.1. The summed E-state index contributed by atoms with van der Waals surface area (Å²) in [6, 6.07) is 10.2. The molecule has 3 aromatic rings. The van der Waals surface area contributed by atoms with Gasteiger partial charge in [-0.05, 0) is 24.6 Å². The Hall–Kier alpha value is -2.66. The lowest BCUT2D eigenvalue weighted by molar-refractivity contribution is 0.101. The molecule has 0 amide bonds. The van der Waals surface area contributed by atoms with Gasteiger partial charge in [0.2, 0.25) is 0 Å². The van der Waals surface area contributed by atoms with Crippen molar-refractivity contribution in [1.82, 2.24) is 19.4 Å². The number of nitrogens with zero attached hydrogens (tertiary/aromatic N) is 3. The van der Waals surface area contributed by atoms with E-state index in [-0.39, 0.29) is 5.78 Å². The van der Waals surface area contributed by atoms with E-state index in [1.165, 1.54) is 5.56 Å². The van der Waals surface area contributed by atoms with Crippen LogP contribution in [0.15, 0.2) is 55.2 Å². The highest BCUT2D eigenvalue weighted by Crippen LogP contribution is 2.14. The Balaban J connectivity index is 1.69. The van der Waals surface area contributed by atoms with Crippen LogP contribution in [-0.4, -0.2) is 19.9 Å². The molecule has 3 rings (SSSR count). The number of rotatable bonds is 6. The number of carbonyl (C=O) groups excluding carboxylic acids is 1. The van der Waals surface area contributed by atoms with Gasteiger partial charge in [0.1, 0.15) is 0 Å². The van der Waals surface area contributed by atoms with Gasteiger partial charge in [-0.25, -0.2) is 4.98 Å². The molecule has 2 aromatic heterocycles. The Morgan fingerprint density at radius 3 is 2.78 bits per heavy atom. The van der Waals surface area contributed by atoms with Crippen molar-refractivity contribution in [3.63, 3.8) is 0 Å². The second kappa shape index (κ2) is 6.62. The molecule has 0 unspecified atom stereocenters. The summed E-state index contributed by atoms with van der Waals surface area (Å²) in [7, 11) is 1.96. The van der Waals surface area contributed by atoms with Crippen molar-refractivity contribution in [3.05, 3.63) is 72.1 Å². The Morgan fingerprint density at radius 2 is 2.09 bits per heavy atom. The van der Waals surface area contributed by atoms with Crippen LogP contribution >= 0.6 is 0 Å². The molecule has 23 heavy (non-hydrogen) atoms. The maximum absolute atomic E-state index is 11.4. The zero-order valence-corrected chi connectivity index (χ0v) is 13.4. The van der Waals surface area contributed by atoms with Gasteiger partial charge in [-0.3, -0.25) is 4.79 Å². The molecule has 0 saturated carbocycles. The number of aromatic nitrogens is 3. The van der Waals surface area contributed by atoms with E-state index >= 15 is 0 Å². The molecular formula is C18H20N4O. The zero-order chi connectivity index (χ0) is 16.2. The highest BCUT2D eigenvalue weighted by atomic mass is 16.1. The van der Waals surface area contributed by atoms with E-state index in [1.54, 1.807) is 19.4 Å². The van der Waals surface area contributed by atoms with E-state index in [0.717, 1.165) is 23.5 Å². The molecule has 1 aromatic carbocycles. The van der Waals surface area contributed by atoms with Crippen molar-refractivity contribution in [2.45, 2.75) is 20.0 Å². The number of imidazole rings is 1. The fraction of sp³-hybridized carbons (Fsp3) is 0.222. The van der Waals surface area contributed by atoms with Gasteiger partial charge in [0, 0.05) is 50.0 Å². The summed E-state index contributed by atoms with van der Waals surface area (Å²) < 4.78 is 4.00. The van der Waals surface area contributed by atoms with Gasteiger partial charge in [0.15, 0.2) is 5.78 Å². The molecule has 118 valence electrons. The Kier molecular flexibility index (Phi) is 4.39. The largest absolute Gasteiger partial charge is 0.353 e. The summed E-state index contributed by atoms with van der Waals surface area (Å²) in [6.07, 6.45) is 7.39. The summed E-state index contributed by atoms with van der Waals surface area (Å²) in [5.74, 6) is 0.0947. The standard InChI is InChI=1S/C18H20N4O/c1-14(23)16-9-17(21(2)12-16)11-20-10-15-5-3-4-6-18(15)22-8-7-19-13-22/h3-9,12-13,20H,10-11H2,1-2H3. The average Bonchev–Trinajstić information content (AvgIpc) is 3.18.